The lowest BCUT2D eigenvalue weighted by Crippen LogP contribution is -2.23. The molecule has 0 rings (SSSR count). The fourth-order valence-electron chi connectivity index (χ4n) is 3.74. The summed E-state index contributed by atoms with van der Waals surface area (Å²) in [5.74, 6) is 0.653. The molecule has 0 aliphatic heterocycles. The largest absolute Gasteiger partial charge is 0.356 e. The second kappa shape index (κ2) is 20.1. The monoisotopic (exact) mass is 423 g/mol. The zero-order valence-electron chi connectivity index (χ0n) is 21.0. The average molecular weight is 424 g/mol. The number of nitrogens with one attached hydrogen (secondary N) is 1. The molecule has 3 heteroatoms. The Kier molecular flexibility index (Phi) is 19.5. The molecule has 0 spiro atoms. The van der Waals surface area contributed by atoms with Gasteiger partial charge in [-0.3, -0.25) is 9.59 Å². The molecule has 1 amide bonds. The van der Waals surface area contributed by atoms with Gasteiger partial charge in [0.05, 0.1) is 0 Å². The maximum absolute atomic E-state index is 12.1. The van der Waals surface area contributed by atoms with Crippen LogP contribution in [-0.4, -0.2) is 18.2 Å². The van der Waals surface area contributed by atoms with E-state index in [1.165, 1.54) is 83.5 Å². The Morgan fingerprint density at radius 2 is 1.03 bits per heavy atom. The van der Waals surface area contributed by atoms with Crippen LogP contribution in [0.15, 0.2) is 0 Å². The molecule has 0 saturated carbocycles. The molecular formula is C27H53NO2. The van der Waals surface area contributed by atoms with Crippen LogP contribution in [0.2, 0.25) is 0 Å². The van der Waals surface area contributed by atoms with E-state index in [0.717, 1.165) is 38.6 Å². The van der Waals surface area contributed by atoms with Gasteiger partial charge < -0.3 is 5.32 Å². The Hall–Kier alpha value is -0.860. The fourth-order valence-corrected chi connectivity index (χ4v) is 3.74. The zero-order chi connectivity index (χ0) is 22.5. The molecule has 0 aromatic rings. The Bertz CT molecular complexity index is 417. The minimum absolute atomic E-state index is 0.141. The number of hydrogen-bond acceptors (Lipinski definition) is 2. The number of rotatable bonds is 22. The third kappa shape index (κ3) is 18.0. The van der Waals surface area contributed by atoms with E-state index in [1.807, 2.05) is 0 Å². The molecule has 0 bridgehead atoms. The Morgan fingerprint density at radius 3 is 1.53 bits per heavy atom. The van der Waals surface area contributed by atoms with E-state index in [-0.39, 0.29) is 11.3 Å². The molecule has 0 radical (unpaired) electrons. The molecule has 0 aliphatic rings. The normalized spacial score (nSPS) is 11.6. The van der Waals surface area contributed by atoms with E-state index in [4.69, 9.17) is 0 Å². The van der Waals surface area contributed by atoms with Crippen LogP contribution in [0.5, 0.6) is 0 Å². The SMILES string of the molecule is CCCCCCCCCCCC(=O)NCCCCCCCCCC(=O)C(C)(C)CC. The van der Waals surface area contributed by atoms with Gasteiger partial charge in [0.2, 0.25) is 5.91 Å². The van der Waals surface area contributed by atoms with Crippen LogP contribution >= 0.6 is 0 Å². The van der Waals surface area contributed by atoms with Gasteiger partial charge in [-0.15, -0.1) is 0 Å². The third-order valence-electron chi connectivity index (χ3n) is 6.55. The summed E-state index contributed by atoms with van der Waals surface area (Å²) in [6.45, 7) is 9.30. The molecule has 0 atom stereocenters. The van der Waals surface area contributed by atoms with E-state index < -0.39 is 0 Å². The summed E-state index contributed by atoms with van der Waals surface area (Å²) in [4.78, 5) is 23.9. The highest BCUT2D eigenvalue weighted by atomic mass is 16.1. The highest BCUT2D eigenvalue weighted by Gasteiger charge is 2.23. The van der Waals surface area contributed by atoms with Crippen LogP contribution in [0.25, 0.3) is 0 Å². The minimum Gasteiger partial charge on any atom is -0.356 e. The van der Waals surface area contributed by atoms with Crippen molar-refractivity contribution in [3.63, 3.8) is 0 Å². The van der Waals surface area contributed by atoms with Crippen molar-refractivity contribution < 1.29 is 9.59 Å². The van der Waals surface area contributed by atoms with Crippen molar-refractivity contribution in [2.75, 3.05) is 6.54 Å². The molecule has 0 fully saturated rings. The molecular weight excluding hydrogens is 370 g/mol. The van der Waals surface area contributed by atoms with Crippen LogP contribution in [0.1, 0.15) is 150 Å². The number of hydrogen-bond donors (Lipinski definition) is 1. The number of carbonyl (C=O) groups excluding carboxylic acids is 2. The molecule has 1 N–H and O–H groups in total. The van der Waals surface area contributed by atoms with Crippen LogP contribution in [0.4, 0.5) is 0 Å². The lowest BCUT2D eigenvalue weighted by Gasteiger charge is -2.20. The van der Waals surface area contributed by atoms with E-state index in [2.05, 4.69) is 33.0 Å². The molecule has 0 unspecified atom stereocenters. The summed E-state index contributed by atoms with van der Waals surface area (Å²) in [6.07, 6.45) is 22.2. The van der Waals surface area contributed by atoms with Crippen molar-refractivity contribution in [1.29, 1.82) is 0 Å². The second-order valence-corrected chi connectivity index (χ2v) is 9.81. The standard InChI is InChI=1S/C27H53NO2/c1-5-7-8-9-10-11-14-17-20-23-26(30)28-24-21-18-15-12-13-16-19-22-25(29)27(3,4)6-2/h5-24H2,1-4H3,(H,28,30). The number of amides is 1. The summed E-state index contributed by atoms with van der Waals surface area (Å²) in [6, 6.07) is 0. The molecule has 178 valence electrons. The van der Waals surface area contributed by atoms with Crippen LogP contribution in [-0.2, 0) is 9.59 Å². The van der Waals surface area contributed by atoms with Crippen LogP contribution in [0, 0.1) is 5.41 Å². The van der Waals surface area contributed by atoms with Crippen molar-refractivity contribution in [2.45, 2.75) is 150 Å². The summed E-state index contributed by atoms with van der Waals surface area (Å²) < 4.78 is 0. The van der Waals surface area contributed by atoms with Crippen molar-refractivity contribution in [1.82, 2.24) is 5.32 Å². The predicted octanol–water partition coefficient (Wildman–Crippen LogP) is 8.15. The van der Waals surface area contributed by atoms with Crippen molar-refractivity contribution in [2.24, 2.45) is 5.41 Å². The summed E-state index contributed by atoms with van der Waals surface area (Å²) in [5.41, 5.74) is -0.141. The Morgan fingerprint density at radius 1 is 0.600 bits per heavy atom. The van der Waals surface area contributed by atoms with Crippen molar-refractivity contribution in [3.05, 3.63) is 0 Å². The number of Topliss-reactive ketones (excluding diaryl/α,β-unsaturated/α-hetero) is 1. The molecule has 0 saturated heterocycles. The van der Waals surface area contributed by atoms with Crippen molar-refractivity contribution >= 4 is 11.7 Å². The topological polar surface area (TPSA) is 46.2 Å². The maximum atomic E-state index is 12.1. The first-order valence-electron chi connectivity index (χ1n) is 13.2. The Labute approximate surface area is 188 Å². The smallest absolute Gasteiger partial charge is 0.219 e. The summed E-state index contributed by atoms with van der Waals surface area (Å²) in [7, 11) is 0. The average Bonchev–Trinajstić information content (AvgIpc) is 2.73. The van der Waals surface area contributed by atoms with Gasteiger partial charge in [0, 0.05) is 24.8 Å². The highest BCUT2D eigenvalue weighted by molar-refractivity contribution is 5.83. The van der Waals surface area contributed by atoms with Gasteiger partial charge in [-0.1, -0.05) is 111 Å². The van der Waals surface area contributed by atoms with E-state index in [9.17, 15) is 9.59 Å². The summed E-state index contributed by atoms with van der Waals surface area (Å²) >= 11 is 0. The first kappa shape index (κ1) is 29.1. The highest BCUT2D eigenvalue weighted by Crippen LogP contribution is 2.24. The van der Waals surface area contributed by atoms with Gasteiger partial charge in [0.1, 0.15) is 5.78 Å². The second-order valence-electron chi connectivity index (χ2n) is 9.81. The first-order valence-corrected chi connectivity index (χ1v) is 13.2. The quantitative estimate of drug-likeness (QED) is 0.179. The van der Waals surface area contributed by atoms with Gasteiger partial charge >= 0.3 is 0 Å². The van der Waals surface area contributed by atoms with Gasteiger partial charge in [0.15, 0.2) is 0 Å². The molecule has 0 aromatic heterocycles. The van der Waals surface area contributed by atoms with E-state index >= 15 is 0 Å². The number of unbranched alkanes of at least 4 members (excludes halogenated alkanes) is 14. The molecule has 3 nitrogen and oxygen atoms in total. The van der Waals surface area contributed by atoms with E-state index in [1.54, 1.807) is 0 Å². The fraction of sp³-hybridized carbons (Fsp3) is 0.926. The number of ketones is 1. The molecule has 0 aliphatic carbocycles. The van der Waals surface area contributed by atoms with Gasteiger partial charge in [0.25, 0.3) is 0 Å². The van der Waals surface area contributed by atoms with Gasteiger partial charge in [-0.05, 0) is 25.7 Å². The number of carbonyl (C=O) groups is 2. The minimum atomic E-state index is -0.141. The van der Waals surface area contributed by atoms with E-state index in [0.29, 0.717) is 12.2 Å². The predicted molar refractivity (Wildman–Crippen MR) is 131 cm³/mol. The Balaban J connectivity index is 3.31. The third-order valence-corrected chi connectivity index (χ3v) is 6.55. The lowest BCUT2D eigenvalue weighted by atomic mass is 9.83. The van der Waals surface area contributed by atoms with Gasteiger partial charge in [-0.25, -0.2) is 0 Å². The molecule has 0 aromatic carbocycles. The maximum Gasteiger partial charge on any atom is 0.219 e. The summed E-state index contributed by atoms with van der Waals surface area (Å²) in [5, 5.41) is 3.07. The van der Waals surface area contributed by atoms with Crippen LogP contribution in [0.3, 0.4) is 0 Å². The van der Waals surface area contributed by atoms with Crippen molar-refractivity contribution in [3.8, 4) is 0 Å². The molecule has 0 heterocycles. The molecule has 30 heavy (non-hydrogen) atoms. The zero-order valence-corrected chi connectivity index (χ0v) is 21.0. The first-order chi connectivity index (χ1) is 14.4. The van der Waals surface area contributed by atoms with Crippen LogP contribution < -0.4 is 5.32 Å². The lowest BCUT2D eigenvalue weighted by molar-refractivity contribution is -0.127. The van der Waals surface area contributed by atoms with Gasteiger partial charge in [-0.2, -0.15) is 0 Å².